The van der Waals surface area contributed by atoms with E-state index in [1.807, 2.05) is 12.1 Å². The Hall–Kier alpha value is -5.45. The summed E-state index contributed by atoms with van der Waals surface area (Å²) in [5.41, 5.74) is 3.19. The summed E-state index contributed by atoms with van der Waals surface area (Å²) in [6, 6.07) is 17.0. The van der Waals surface area contributed by atoms with Crippen molar-refractivity contribution in [3.8, 4) is 11.5 Å². The number of aliphatic hydroxyl groups is 3. The van der Waals surface area contributed by atoms with Crippen molar-refractivity contribution in [1.82, 2.24) is 4.90 Å². The lowest BCUT2D eigenvalue weighted by Gasteiger charge is -2.60. The monoisotopic (exact) mass is 871 g/mol. The number of benzene rings is 3. The highest BCUT2D eigenvalue weighted by molar-refractivity contribution is 6.03. The first-order chi connectivity index (χ1) is 30.7. The number of carbonyl (C=O) groups is 1. The molecule has 0 saturated heterocycles. The molecule has 0 spiro atoms. The predicted molar refractivity (Wildman–Crippen MR) is 234 cm³/mol. The molecule has 0 aromatic heterocycles. The van der Waals surface area contributed by atoms with Crippen molar-refractivity contribution in [2.75, 3.05) is 53.3 Å². The quantitative estimate of drug-likeness (QED) is 0.0274. The second-order valence-electron chi connectivity index (χ2n) is 15.9. The molecule has 63 heavy (non-hydrogen) atoms. The summed E-state index contributed by atoms with van der Waals surface area (Å²) in [5, 5.41) is 45.2. The van der Waals surface area contributed by atoms with E-state index in [9.17, 15) is 34.6 Å². The Kier molecular flexibility index (Phi) is 17.0. The highest BCUT2D eigenvalue weighted by atomic mass is 19.1. The Balaban J connectivity index is 1.53. The summed E-state index contributed by atoms with van der Waals surface area (Å²) in [6.45, 7) is 4.09. The van der Waals surface area contributed by atoms with E-state index in [4.69, 9.17) is 23.8 Å². The van der Waals surface area contributed by atoms with E-state index < -0.39 is 28.6 Å². The summed E-state index contributed by atoms with van der Waals surface area (Å²) in [6.07, 6.45) is 11.2. The molecule has 1 heterocycles. The number of halogens is 1. The minimum Gasteiger partial charge on any atom is -0.489 e. The number of amides is 1. The van der Waals surface area contributed by atoms with Crippen LogP contribution in [0.15, 0.2) is 102 Å². The van der Waals surface area contributed by atoms with Crippen LogP contribution in [0.2, 0.25) is 0 Å². The SMILES string of the molecule is C=CCOC12Oc3ccc(OCc4ccccc4F)cc3C3C(CCCCO)C(CCCCO)C=C(C(=NOC)CC1N(CCOCCO)C(=O)C=Cc1ccc([N+](=O)[O-])cc1)C32. The van der Waals surface area contributed by atoms with Gasteiger partial charge in [-0.2, -0.15) is 0 Å². The van der Waals surface area contributed by atoms with E-state index in [2.05, 4.69) is 17.8 Å². The zero-order valence-corrected chi connectivity index (χ0v) is 35.7. The maximum absolute atomic E-state index is 14.7. The van der Waals surface area contributed by atoms with Gasteiger partial charge in [-0.15, -0.1) is 6.58 Å². The molecule has 1 amide bonds. The van der Waals surface area contributed by atoms with Crippen LogP contribution >= 0.6 is 0 Å². The minimum atomic E-state index is -1.54. The Labute approximate surface area is 367 Å². The molecule has 0 bridgehead atoms. The van der Waals surface area contributed by atoms with E-state index in [0.717, 1.165) is 36.8 Å². The molecule has 0 radical (unpaired) electrons. The van der Waals surface area contributed by atoms with Crippen molar-refractivity contribution in [2.45, 2.75) is 69.3 Å². The Morgan fingerprint density at radius 3 is 2.49 bits per heavy atom. The van der Waals surface area contributed by atoms with Gasteiger partial charge in [0.1, 0.15) is 37.1 Å². The van der Waals surface area contributed by atoms with E-state index in [-0.39, 0.29) is 88.5 Å². The van der Waals surface area contributed by atoms with Crippen LogP contribution in [-0.4, -0.2) is 102 Å². The molecule has 1 saturated carbocycles. The topological polar surface area (TPSA) is 183 Å². The van der Waals surface area contributed by atoms with Crippen molar-refractivity contribution in [2.24, 2.45) is 22.9 Å². The van der Waals surface area contributed by atoms with Crippen molar-refractivity contribution in [1.29, 1.82) is 0 Å². The zero-order chi connectivity index (χ0) is 44.8. The van der Waals surface area contributed by atoms with Gasteiger partial charge in [0, 0.05) is 61.4 Å². The van der Waals surface area contributed by atoms with Gasteiger partial charge in [0.05, 0.1) is 43.0 Å². The lowest BCUT2D eigenvalue weighted by molar-refractivity contribution is -0.384. The Morgan fingerprint density at radius 2 is 1.79 bits per heavy atom. The first-order valence-electron chi connectivity index (χ1n) is 21.6. The van der Waals surface area contributed by atoms with Gasteiger partial charge in [0.15, 0.2) is 0 Å². The lowest BCUT2D eigenvalue weighted by atomic mass is 9.55. The third-order valence-corrected chi connectivity index (χ3v) is 12.1. The first-order valence-corrected chi connectivity index (χ1v) is 21.6. The second kappa shape index (κ2) is 22.8. The number of hydrogen-bond donors (Lipinski definition) is 3. The Bertz CT molecular complexity index is 2110. The van der Waals surface area contributed by atoms with E-state index >= 15 is 0 Å². The molecular formula is C48H58FN3O11. The van der Waals surface area contributed by atoms with E-state index in [0.29, 0.717) is 41.2 Å². The average molecular weight is 872 g/mol. The number of unbranched alkanes of at least 4 members (excludes halogenated alkanes) is 2. The molecule has 3 N–H and O–H groups in total. The highest BCUT2D eigenvalue weighted by Crippen LogP contribution is 2.62. The molecule has 6 rings (SSSR count). The van der Waals surface area contributed by atoms with Crippen LogP contribution in [0.25, 0.3) is 6.08 Å². The van der Waals surface area contributed by atoms with Crippen molar-refractivity contribution >= 4 is 23.4 Å². The number of nitro benzene ring substituents is 1. The summed E-state index contributed by atoms with van der Waals surface area (Å²) in [4.78, 5) is 32.7. The second-order valence-corrected chi connectivity index (χ2v) is 15.9. The number of rotatable bonds is 24. The molecule has 6 unspecified atom stereocenters. The van der Waals surface area contributed by atoms with Crippen LogP contribution < -0.4 is 9.47 Å². The van der Waals surface area contributed by atoms with Crippen LogP contribution in [0.4, 0.5) is 10.1 Å². The molecule has 2 aliphatic carbocycles. The van der Waals surface area contributed by atoms with Gasteiger partial charge in [-0.3, -0.25) is 14.9 Å². The van der Waals surface area contributed by atoms with Crippen molar-refractivity contribution in [3.05, 3.63) is 130 Å². The van der Waals surface area contributed by atoms with Crippen LogP contribution in [0.5, 0.6) is 11.5 Å². The van der Waals surface area contributed by atoms with Crippen LogP contribution in [0, 0.1) is 33.7 Å². The average Bonchev–Trinajstić information content (AvgIpc) is 3.29. The first kappa shape index (κ1) is 47.0. The largest absolute Gasteiger partial charge is 0.489 e. The molecule has 1 aliphatic heterocycles. The predicted octanol–water partition coefficient (Wildman–Crippen LogP) is 7.13. The number of fused-ring (bicyclic) bond motifs is 2. The van der Waals surface area contributed by atoms with Crippen LogP contribution in [0.3, 0.4) is 0 Å². The molecule has 14 nitrogen and oxygen atoms in total. The number of aliphatic hydroxyl groups excluding tert-OH is 3. The van der Waals surface area contributed by atoms with Gasteiger partial charge in [0.25, 0.3) is 5.69 Å². The Morgan fingerprint density at radius 1 is 1.03 bits per heavy atom. The number of ether oxygens (including phenoxy) is 4. The fourth-order valence-corrected chi connectivity index (χ4v) is 9.34. The van der Waals surface area contributed by atoms with E-state index in [1.165, 1.54) is 31.4 Å². The zero-order valence-electron chi connectivity index (χ0n) is 35.7. The number of nitrogens with zero attached hydrogens (tertiary/aromatic N) is 3. The summed E-state index contributed by atoms with van der Waals surface area (Å²) < 4.78 is 41.0. The fourth-order valence-electron chi connectivity index (χ4n) is 9.34. The third-order valence-electron chi connectivity index (χ3n) is 12.1. The standard InChI is InChI=1S/C48H58FN3O11/c1-3-26-62-48-44(51(22-27-60-28-25-55)45(56)21-16-33-14-17-36(18-15-33)52(57)58)31-42(50-59-2)39-29-34(10-6-8-23-53)38(12-7-9-24-54)46(47(39)48)40-30-37(19-20-43(40)63-48)61-32-35-11-4-5-13-41(35)49/h3-5,11,13-21,29-30,34,38,44,46-47,53-55H,1,6-10,12,22-28,31-32H2,2H3. The number of nitro groups is 1. The molecule has 6 atom stereocenters. The van der Waals surface area contributed by atoms with Gasteiger partial charge in [-0.25, -0.2) is 4.39 Å². The number of oxime groups is 1. The number of non-ortho nitro benzene ring substituents is 1. The maximum Gasteiger partial charge on any atom is 0.269 e. The van der Waals surface area contributed by atoms with E-state index in [1.54, 1.807) is 53.5 Å². The fraction of sp³-hybridized carbons (Fsp3) is 0.458. The lowest BCUT2D eigenvalue weighted by Crippen LogP contribution is -2.70. The minimum absolute atomic E-state index is 0.00278. The van der Waals surface area contributed by atoms with Gasteiger partial charge in [-0.1, -0.05) is 48.3 Å². The summed E-state index contributed by atoms with van der Waals surface area (Å²) in [5.74, 6) is -2.25. The highest BCUT2D eigenvalue weighted by Gasteiger charge is 2.65. The number of hydrogen-bond acceptors (Lipinski definition) is 12. The molecule has 3 aromatic rings. The molecule has 1 fully saturated rings. The van der Waals surface area contributed by atoms with Gasteiger partial charge in [-0.05, 0) is 91.1 Å². The molecule has 3 aromatic carbocycles. The molecular weight excluding hydrogens is 814 g/mol. The molecule has 3 aliphatic rings. The molecule has 15 heteroatoms. The van der Waals surface area contributed by atoms with Crippen LogP contribution in [-0.2, 0) is 25.7 Å². The third kappa shape index (κ3) is 11.0. The van der Waals surface area contributed by atoms with Crippen LogP contribution in [0.1, 0.15) is 67.6 Å². The smallest absolute Gasteiger partial charge is 0.269 e. The maximum atomic E-state index is 14.7. The summed E-state index contributed by atoms with van der Waals surface area (Å²) in [7, 11) is 1.47. The van der Waals surface area contributed by atoms with Gasteiger partial charge in [0.2, 0.25) is 11.7 Å². The van der Waals surface area contributed by atoms with Gasteiger partial charge < -0.3 is 44.0 Å². The molecule has 338 valence electrons. The summed E-state index contributed by atoms with van der Waals surface area (Å²) >= 11 is 0. The van der Waals surface area contributed by atoms with Crippen molar-refractivity contribution in [3.63, 3.8) is 0 Å². The number of carbonyl (C=O) groups excluding carboxylic acids is 1. The number of allylic oxidation sites excluding steroid dienone is 1. The van der Waals surface area contributed by atoms with Gasteiger partial charge >= 0.3 is 0 Å². The van der Waals surface area contributed by atoms with Crippen molar-refractivity contribution < 1.29 is 53.2 Å². The normalized spacial score (nSPS) is 23.0.